The van der Waals surface area contributed by atoms with Crippen LogP contribution in [0.15, 0.2) is 36.4 Å². The Labute approximate surface area is 106 Å². The largest absolute Gasteiger partial charge is 0.397 e. The molecule has 0 spiro atoms. The van der Waals surface area contributed by atoms with Gasteiger partial charge in [0.2, 0.25) is 0 Å². The molecule has 0 atom stereocenters. The molecular formula is C14H16FN3. The number of aryl methyl sites for hydroxylation is 1. The highest BCUT2D eigenvalue weighted by molar-refractivity contribution is 5.67. The fraction of sp³-hybridized carbons (Fsp3) is 0.214. The van der Waals surface area contributed by atoms with E-state index in [0.717, 1.165) is 17.1 Å². The zero-order valence-electron chi connectivity index (χ0n) is 10.5. The third kappa shape index (κ3) is 2.77. The molecule has 0 radical (unpaired) electrons. The van der Waals surface area contributed by atoms with Crippen molar-refractivity contribution < 1.29 is 4.39 Å². The van der Waals surface area contributed by atoms with Crippen LogP contribution in [-0.4, -0.2) is 12.0 Å². The molecule has 0 bridgehead atoms. The van der Waals surface area contributed by atoms with Crippen LogP contribution in [0.4, 0.5) is 15.8 Å². The van der Waals surface area contributed by atoms with Gasteiger partial charge in [-0.05, 0) is 37.3 Å². The molecule has 2 rings (SSSR count). The Morgan fingerprint density at radius 2 is 2.06 bits per heavy atom. The number of anilines is 2. The Balaban J connectivity index is 2.19. The molecular weight excluding hydrogens is 229 g/mol. The smallest absolute Gasteiger partial charge is 0.125 e. The molecule has 1 aromatic carbocycles. The lowest BCUT2D eigenvalue weighted by Gasteiger charge is -2.20. The van der Waals surface area contributed by atoms with Crippen LogP contribution < -0.4 is 10.6 Å². The van der Waals surface area contributed by atoms with Crippen molar-refractivity contribution in [1.82, 2.24) is 4.98 Å². The summed E-state index contributed by atoms with van der Waals surface area (Å²) < 4.78 is 13.0. The standard InChI is InChI=1S/C14H16FN3/c1-10-4-3-5-12(17-10)9-18(2)14-7-6-11(15)8-13(14)16/h3-8H,9,16H2,1-2H3. The lowest BCUT2D eigenvalue weighted by molar-refractivity contribution is 0.628. The van der Waals surface area contributed by atoms with Crippen LogP contribution in [0.5, 0.6) is 0 Å². The summed E-state index contributed by atoms with van der Waals surface area (Å²) in [6.45, 7) is 2.59. The van der Waals surface area contributed by atoms with Crippen molar-refractivity contribution in [2.45, 2.75) is 13.5 Å². The van der Waals surface area contributed by atoms with E-state index in [2.05, 4.69) is 4.98 Å². The molecule has 0 aliphatic rings. The van der Waals surface area contributed by atoms with Crippen molar-refractivity contribution in [2.75, 3.05) is 17.7 Å². The summed E-state index contributed by atoms with van der Waals surface area (Å²) in [5.41, 5.74) is 8.98. The number of benzene rings is 1. The predicted octanol–water partition coefficient (Wildman–Crippen LogP) is 2.75. The average Bonchev–Trinajstić information content (AvgIpc) is 2.28. The fourth-order valence-electron chi connectivity index (χ4n) is 1.89. The van der Waals surface area contributed by atoms with Crippen molar-refractivity contribution in [3.63, 3.8) is 0 Å². The first-order valence-electron chi connectivity index (χ1n) is 5.75. The van der Waals surface area contributed by atoms with E-state index >= 15 is 0 Å². The van der Waals surface area contributed by atoms with Gasteiger partial charge in [-0.3, -0.25) is 4.98 Å². The zero-order valence-corrected chi connectivity index (χ0v) is 10.5. The number of rotatable bonds is 3. The van der Waals surface area contributed by atoms with Gasteiger partial charge in [0.25, 0.3) is 0 Å². The molecule has 1 aromatic heterocycles. The highest BCUT2D eigenvalue weighted by atomic mass is 19.1. The second-order valence-electron chi connectivity index (χ2n) is 4.33. The van der Waals surface area contributed by atoms with E-state index in [1.54, 1.807) is 6.07 Å². The summed E-state index contributed by atoms with van der Waals surface area (Å²) in [5.74, 6) is -0.321. The van der Waals surface area contributed by atoms with E-state index < -0.39 is 0 Å². The molecule has 0 saturated carbocycles. The van der Waals surface area contributed by atoms with E-state index in [0.29, 0.717) is 12.2 Å². The molecule has 0 unspecified atom stereocenters. The van der Waals surface area contributed by atoms with Crippen molar-refractivity contribution in [1.29, 1.82) is 0 Å². The Kier molecular flexibility index (Phi) is 3.46. The van der Waals surface area contributed by atoms with E-state index in [1.807, 2.05) is 37.1 Å². The lowest BCUT2D eigenvalue weighted by atomic mass is 10.2. The number of aromatic nitrogens is 1. The molecule has 18 heavy (non-hydrogen) atoms. The minimum absolute atomic E-state index is 0.321. The molecule has 94 valence electrons. The summed E-state index contributed by atoms with van der Waals surface area (Å²) in [4.78, 5) is 6.38. The van der Waals surface area contributed by atoms with Crippen LogP contribution in [0.1, 0.15) is 11.4 Å². The quantitative estimate of drug-likeness (QED) is 0.845. The number of hydrogen-bond acceptors (Lipinski definition) is 3. The maximum Gasteiger partial charge on any atom is 0.125 e. The first kappa shape index (κ1) is 12.4. The molecule has 0 saturated heterocycles. The molecule has 1 heterocycles. The van der Waals surface area contributed by atoms with E-state index in [-0.39, 0.29) is 5.82 Å². The average molecular weight is 245 g/mol. The Bertz CT molecular complexity index is 554. The number of nitrogen functional groups attached to an aromatic ring is 1. The molecule has 4 heteroatoms. The van der Waals surface area contributed by atoms with Gasteiger partial charge in [0.15, 0.2) is 0 Å². The lowest BCUT2D eigenvalue weighted by Crippen LogP contribution is -2.18. The van der Waals surface area contributed by atoms with Crippen LogP contribution in [0.25, 0.3) is 0 Å². The molecule has 2 aromatic rings. The number of pyridine rings is 1. The van der Waals surface area contributed by atoms with Gasteiger partial charge in [0.1, 0.15) is 5.82 Å². The highest BCUT2D eigenvalue weighted by Gasteiger charge is 2.07. The van der Waals surface area contributed by atoms with Gasteiger partial charge < -0.3 is 10.6 Å². The SMILES string of the molecule is Cc1cccc(CN(C)c2ccc(F)cc2N)n1. The third-order valence-electron chi connectivity index (χ3n) is 2.75. The van der Waals surface area contributed by atoms with Crippen molar-refractivity contribution in [3.05, 3.63) is 53.6 Å². The van der Waals surface area contributed by atoms with Gasteiger partial charge in [-0.1, -0.05) is 6.07 Å². The van der Waals surface area contributed by atoms with Gasteiger partial charge >= 0.3 is 0 Å². The van der Waals surface area contributed by atoms with Crippen molar-refractivity contribution >= 4 is 11.4 Å². The van der Waals surface area contributed by atoms with Crippen LogP contribution >= 0.6 is 0 Å². The minimum atomic E-state index is -0.321. The third-order valence-corrected chi connectivity index (χ3v) is 2.75. The predicted molar refractivity (Wildman–Crippen MR) is 71.9 cm³/mol. The maximum absolute atomic E-state index is 13.0. The summed E-state index contributed by atoms with van der Waals surface area (Å²) in [5, 5.41) is 0. The Hall–Kier alpha value is -2.10. The summed E-state index contributed by atoms with van der Waals surface area (Å²) in [6.07, 6.45) is 0. The highest BCUT2D eigenvalue weighted by Crippen LogP contribution is 2.23. The molecule has 0 fully saturated rings. The summed E-state index contributed by atoms with van der Waals surface area (Å²) >= 11 is 0. The molecule has 0 aliphatic carbocycles. The minimum Gasteiger partial charge on any atom is -0.397 e. The Morgan fingerprint density at radius 3 is 2.72 bits per heavy atom. The van der Waals surface area contributed by atoms with Crippen LogP contribution in [0.3, 0.4) is 0 Å². The van der Waals surface area contributed by atoms with Crippen molar-refractivity contribution in [3.8, 4) is 0 Å². The first-order chi connectivity index (χ1) is 8.56. The molecule has 3 nitrogen and oxygen atoms in total. The number of halogens is 1. The fourth-order valence-corrected chi connectivity index (χ4v) is 1.89. The topological polar surface area (TPSA) is 42.1 Å². The first-order valence-corrected chi connectivity index (χ1v) is 5.75. The van der Waals surface area contributed by atoms with E-state index in [9.17, 15) is 4.39 Å². The van der Waals surface area contributed by atoms with Gasteiger partial charge in [-0.15, -0.1) is 0 Å². The molecule has 2 N–H and O–H groups in total. The monoisotopic (exact) mass is 245 g/mol. The van der Waals surface area contributed by atoms with Crippen LogP contribution in [0.2, 0.25) is 0 Å². The Morgan fingerprint density at radius 1 is 1.28 bits per heavy atom. The number of nitrogens with zero attached hydrogens (tertiary/aromatic N) is 2. The van der Waals surface area contributed by atoms with Crippen LogP contribution in [-0.2, 0) is 6.54 Å². The second-order valence-corrected chi connectivity index (χ2v) is 4.33. The normalized spacial score (nSPS) is 10.4. The number of hydrogen-bond donors (Lipinski definition) is 1. The van der Waals surface area contributed by atoms with E-state index in [1.165, 1.54) is 12.1 Å². The summed E-state index contributed by atoms with van der Waals surface area (Å²) in [6, 6.07) is 10.3. The molecule has 0 aliphatic heterocycles. The second kappa shape index (κ2) is 5.04. The zero-order chi connectivity index (χ0) is 13.1. The van der Waals surface area contributed by atoms with Crippen molar-refractivity contribution in [2.24, 2.45) is 0 Å². The summed E-state index contributed by atoms with van der Waals surface area (Å²) in [7, 11) is 1.91. The van der Waals surface area contributed by atoms with Crippen LogP contribution in [0, 0.1) is 12.7 Å². The van der Waals surface area contributed by atoms with E-state index in [4.69, 9.17) is 5.73 Å². The number of nitrogens with two attached hydrogens (primary N) is 1. The van der Waals surface area contributed by atoms with Gasteiger partial charge in [0.05, 0.1) is 23.6 Å². The van der Waals surface area contributed by atoms with Gasteiger partial charge in [0, 0.05) is 12.7 Å². The van der Waals surface area contributed by atoms with Gasteiger partial charge in [-0.2, -0.15) is 0 Å². The molecule has 0 amide bonds. The van der Waals surface area contributed by atoms with Gasteiger partial charge in [-0.25, -0.2) is 4.39 Å². The maximum atomic E-state index is 13.0.